The summed E-state index contributed by atoms with van der Waals surface area (Å²) in [4.78, 5) is 3.96. The first-order valence-corrected chi connectivity index (χ1v) is 3.81. The Balaban J connectivity index is 2.94. The van der Waals surface area contributed by atoms with Crippen LogP contribution in [0.3, 0.4) is 0 Å². The van der Waals surface area contributed by atoms with Crippen LogP contribution in [0.5, 0.6) is 0 Å². The number of anilines is 1. The number of nitrogen functional groups attached to an aromatic ring is 1. The third-order valence-electron chi connectivity index (χ3n) is 1.46. The van der Waals surface area contributed by atoms with E-state index in [9.17, 15) is 0 Å². The number of halogens is 1. The van der Waals surface area contributed by atoms with Gasteiger partial charge in [-0.25, -0.2) is 0 Å². The molecule has 0 radical (unpaired) electrons. The van der Waals surface area contributed by atoms with E-state index >= 15 is 0 Å². The number of pyridine rings is 1. The largest absolute Gasteiger partial charge is 0.382 e. The van der Waals surface area contributed by atoms with E-state index in [-0.39, 0.29) is 0 Å². The van der Waals surface area contributed by atoms with Gasteiger partial charge >= 0.3 is 0 Å². The summed E-state index contributed by atoms with van der Waals surface area (Å²) in [6.07, 6.45) is 3.37. The molecule has 3 N–H and O–H groups in total. The van der Waals surface area contributed by atoms with E-state index < -0.39 is 0 Å². The van der Waals surface area contributed by atoms with E-state index in [0.717, 1.165) is 15.4 Å². The van der Waals surface area contributed by atoms with Gasteiger partial charge in [-0.3, -0.25) is 10.1 Å². The van der Waals surface area contributed by atoms with Gasteiger partial charge in [-0.2, -0.15) is 5.10 Å². The number of aromatic nitrogens is 3. The van der Waals surface area contributed by atoms with Gasteiger partial charge in [-0.05, 0) is 15.9 Å². The fourth-order valence-corrected chi connectivity index (χ4v) is 1.34. The number of nitrogens with zero attached hydrogens (tertiary/aromatic N) is 2. The fraction of sp³-hybridized carbons (Fsp3) is 0. The molecule has 0 bridgehead atoms. The smallest absolute Gasteiger partial charge is 0.154 e. The number of hydrogen-bond acceptors (Lipinski definition) is 3. The molecule has 0 aliphatic heterocycles. The van der Waals surface area contributed by atoms with Gasteiger partial charge in [-0.15, -0.1) is 0 Å². The maximum absolute atomic E-state index is 5.54. The molecule has 11 heavy (non-hydrogen) atoms. The number of nitrogens with two attached hydrogens (primary N) is 1. The second kappa shape index (κ2) is 2.20. The Kier molecular flexibility index (Phi) is 1.32. The monoisotopic (exact) mass is 212 g/mol. The minimum atomic E-state index is 0.480. The second-order valence-electron chi connectivity index (χ2n) is 2.15. The van der Waals surface area contributed by atoms with Crippen molar-refractivity contribution >= 4 is 32.7 Å². The quantitative estimate of drug-likeness (QED) is 0.692. The first kappa shape index (κ1) is 6.60. The zero-order valence-electron chi connectivity index (χ0n) is 5.50. The van der Waals surface area contributed by atoms with Crippen LogP contribution >= 0.6 is 15.9 Å². The van der Waals surface area contributed by atoms with Crippen molar-refractivity contribution in [1.82, 2.24) is 15.2 Å². The van der Waals surface area contributed by atoms with Gasteiger partial charge in [0.15, 0.2) is 5.82 Å². The van der Waals surface area contributed by atoms with Crippen LogP contribution in [0, 0.1) is 0 Å². The highest BCUT2D eigenvalue weighted by atomic mass is 79.9. The highest BCUT2D eigenvalue weighted by Gasteiger charge is 2.03. The van der Waals surface area contributed by atoms with E-state index in [0.29, 0.717) is 5.82 Å². The molecule has 0 aromatic carbocycles. The van der Waals surface area contributed by atoms with E-state index in [4.69, 9.17) is 5.73 Å². The van der Waals surface area contributed by atoms with Crippen LogP contribution in [0.4, 0.5) is 5.82 Å². The molecule has 2 rings (SSSR count). The molecule has 2 heterocycles. The summed E-state index contributed by atoms with van der Waals surface area (Å²) in [7, 11) is 0. The number of H-pyrrole nitrogens is 1. The summed E-state index contributed by atoms with van der Waals surface area (Å²) in [6, 6.07) is 0. The average molecular weight is 213 g/mol. The van der Waals surface area contributed by atoms with Gasteiger partial charge in [-0.1, -0.05) is 0 Å². The van der Waals surface area contributed by atoms with Crippen LogP contribution in [-0.4, -0.2) is 15.2 Å². The normalized spacial score (nSPS) is 10.6. The minimum absolute atomic E-state index is 0.480. The lowest BCUT2D eigenvalue weighted by atomic mass is 10.3. The number of rotatable bonds is 0. The van der Waals surface area contributed by atoms with Gasteiger partial charge in [0.1, 0.15) is 0 Å². The molecular weight excluding hydrogens is 208 g/mol. The van der Waals surface area contributed by atoms with E-state index in [2.05, 4.69) is 31.1 Å². The van der Waals surface area contributed by atoms with Gasteiger partial charge in [0.05, 0.1) is 15.4 Å². The number of nitrogens with one attached hydrogen (secondary N) is 1. The molecule has 0 saturated carbocycles. The van der Waals surface area contributed by atoms with Crippen LogP contribution in [0.2, 0.25) is 0 Å². The molecule has 0 aliphatic carbocycles. The molecule has 5 heteroatoms. The Morgan fingerprint density at radius 2 is 2.27 bits per heavy atom. The van der Waals surface area contributed by atoms with Crippen molar-refractivity contribution < 1.29 is 0 Å². The topological polar surface area (TPSA) is 67.6 Å². The minimum Gasteiger partial charge on any atom is -0.382 e. The molecular formula is C6H5BrN4. The maximum Gasteiger partial charge on any atom is 0.154 e. The van der Waals surface area contributed by atoms with E-state index in [1.165, 1.54) is 0 Å². The average Bonchev–Trinajstić information content (AvgIpc) is 2.35. The zero-order chi connectivity index (χ0) is 7.84. The van der Waals surface area contributed by atoms with Crippen molar-refractivity contribution in [3.8, 4) is 0 Å². The van der Waals surface area contributed by atoms with E-state index in [1.807, 2.05) is 0 Å². The lowest BCUT2D eigenvalue weighted by molar-refractivity contribution is 1.12. The summed E-state index contributed by atoms with van der Waals surface area (Å²) in [5.74, 6) is 0.480. The third-order valence-corrected chi connectivity index (χ3v) is 2.07. The predicted octanol–water partition coefficient (Wildman–Crippen LogP) is 1.30. The first-order chi connectivity index (χ1) is 5.29. The SMILES string of the molecule is Nc1n[nH]c2c(Br)cncc12. The Hall–Kier alpha value is -1.10. The molecule has 0 aliphatic rings. The Labute approximate surface area is 70.9 Å². The van der Waals surface area contributed by atoms with Gasteiger partial charge in [0.2, 0.25) is 0 Å². The third kappa shape index (κ3) is 0.883. The van der Waals surface area contributed by atoms with Crippen LogP contribution in [-0.2, 0) is 0 Å². The summed E-state index contributed by atoms with van der Waals surface area (Å²) < 4.78 is 0.874. The molecule has 56 valence electrons. The molecule has 2 aromatic heterocycles. The lowest BCUT2D eigenvalue weighted by Gasteiger charge is -1.89. The standard InChI is InChI=1S/C6H5BrN4/c7-4-2-9-1-3-5(4)10-11-6(3)8/h1-2H,(H3,8,10,11). The summed E-state index contributed by atoms with van der Waals surface area (Å²) >= 11 is 3.32. The van der Waals surface area contributed by atoms with Crippen molar-refractivity contribution in [2.75, 3.05) is 5.73 Å². The van der Waals surface area contributed by atoms with Gasteiger partial charge in [0, 0.05) is 12.4 Å². The van der Waals surface area contributed by atoms with Gasteiger partial charge in [0.25, 0.3) is 0 Å². The number of hydrogen-bond donors (Lipinski definition) is 2. The Bertz CT molecular complexity index is 394. The lowest BCUT2D eigenvalue weighted by Crippen LogP contribution is -1.83. The molecule has 4 nitrogen and oxygen atoms in total. The highest BCUT2D eigenvalue weighted by Crippen LogP contribution is 2.23. The van der Waals surface area contributed by atoms with Crippen LogP contribution in [0.1, 0.15) is 0 Å². The molecule has 0 amide bonds. The van der Waals surface area contributed by atoms with Gasteiger partial charge < -0.3 is 5.73 Å². The molecule has 0 spiro atoms. The maximum atomic E-state index is 5.54. The number of fused-ring (bicyclic) bond motifs is 1. The van der Waals surface area contributed by atoms with Crippen molar-refractivity contribution in [3.05, 3.63) is 16.9 Å². The second-order valence-corrected chi connectivity index (χ2v) is 3.01. The molecule has 0 saturated heterocycles. The fourth-order valence-electron chi connectivity index (χ4n) is 0.919. The van der Waals surface area contributed by atoms with Crippen molar-refractivity contribution in [1.29, 1.82) is 0 Å². The highest BCUT2D eigenvalue weighted by molar-refractivity contribution is 9.10. The molecule has 0 unspecified atom stereocenters. The van der Waals surface area contributed by atoms with E-state index in [1.54, 1.807) is 12.4 Å². The Morgan fingerprint density at radius 1 is 1.45 bits per heavy atom. The zero-order valence-corrected chi connectivity index (χ0v) is 7.09. The predicted molar refractivity (Wildman–Crippen MR) is 46.0 cm³/mol. The van der Waals surface area contributed by atoms with Crippen LogP contribution in [0.25, 0.3) is 10.9 Å². The van der Waals surface area contributed by atoms with Crippen molar-refractivity contribution in [2.24, 2.45) is 0 Å². The summed E-state index contributed by atoms with van der Waals surface area (Å²) in [5, 5.41) is 7.48. The summed E-state index contributed by atoms with van der Waals surface area (Å²) in [6.45, 7) is 0. The Morgan fingerprint density at radius 3 is 3.00 bits per heavy atom. The molecule has 0 fully saturated rings. The molecule has 0 atom stereocenters. The molecule has 2 aromatic rings. The van der Waals surface area contributed by atoms with Crippen LogP contribution in [0.15, 0.2) is 16.9 Å². The van der Waals surface area contributed by atoms with Crippen LogP contribution < -0.4 is 5.73 Å². The van der Waals surface area contributed by atoms with Crippen molar-refractivity contribution in [2.45, 2.75) is 0 Å². The van der Waals surface area contributed by atoms with Crippen molar-refractivity contribution in [3.63, 3.8) is 0 Å². The first-order valence-electron chi connectivity index (χ1n) is 3.02. The summed E-state index contributed by atoms with van der Waals surface area (Å²) in [5.41, 5.74) is 6.43. The number of aromatic amines is 1.